The van der Waals surface area contributed by atoms with Gasteiger partial charge in [-0.25, -0.2) is 14.2 Å². The van der Waals surface area contributed by atoms with Gasteiger partial charge in [-0.05, 0) is 102 Å². The Morgan fingerprint density at radius 3 is 2.44 bits per heavy atom. The van der Waals surface area contributed by atoms with Crippen molar-refractivity contribution in [1.29, 1.82) is 0 Å². The molecule has 5 aromatic rings. The van der Waals surface area contributed by atoms with Gasteiger partial charge >= 0.3 is 11.9 Å². The van der Waals surface area contributed by atoms with Crippen LogP contribution in [0.1, 0.15) is 92.6 Å². The Bertz CT molecular complexity index is 2570. The van der Waals surface area contributed by atoms with Gasteiger partial charge in [-0.15, -0.1) is 0 Å². The van der Waals surface area contributed by atoms with Crippen LogP contribution in [0.15, 0.2) is 59.5 Å². The molecule has 5 heterocycles. The molecule has 1 saturated carbocycles. The first-order valence-electron chi connectivity index (χ1n) is 20.6. The van der Waals surface area contributed by atoms with Gasteiger partial charge in [0.05, 0.1) is 40.4 Å². The normalized spacial score (nSPS) is 22.9. The SMILES string of the molecule is CN(CC1CCC(n2cc3cc(NC(=O)c4cccc(C(F)(F)F)n4)c(C(C)(C)O)cc3n2)CC1)[C@H]1CCN(c2cccc3c2n(C)c(=O)n3C2CCC(=O)NC2=O)C[C@H]1F. The van der Waals surface area contributed by atoms with E-state index in [9.17, 15) is 37.5 Å². The zero-order valence-corrected chi connectivity index (χ0v) is 34.4. The molecule has 3 aromatic heterocycles. The number of rotatable bonds is 9. The second-order valence-corrected chi connectivity index (χ2v) is 17.2. The number of pyridine rings is 1. The Kier molecular flexibility index (Phi) is 11.0. The lowest BCUT2D eigenvalue weighted by atomic mass is 9.85. The summed E-state index contributed by atoms with van der Waals surface area (Å²) in [6, 6.07) is 10.9. The van der Waals surface area contributed by atoms with Crippen LogP contribution in [0.4, 0.5) is 28.9 Å². The molecule has 0 spiro atoms. The monoisotopic (exact) mass is 847 g/mol. The molecule has 3 N–H and O–H groups in total. The van der Waals surface area contributed by atoms with Gasteiger partial charge in [0.1, 0.15) is 23.6 Å². The number of para-hydroxylation sites is 1. The number of aryl methyl sites for hydroxylation is 1. The van der Waals surface area contributed by atoms with E-state index in [1.54, 1.807) is 39.1 Å². The molecule has 1 unspecified atom stereocenters. The Morgan fingerprint density at radius 2 is 1.75 bits per heavy atom. The maximum absolute atomic E-state index is 16.1. The van der Waals surface area contributed by atoms with Crippen molar-refractivity contribution >= 4 is 51.0 Å². The zero-order valence-electron chi connectivity index (χ0n) is 34.4. The fourth-order valence-corrected chi connectivity index (χ4v) is 9.44. The van der Waals surface area contributed by atoms with Crippen LogP contribution in [0, 0.1) is 5.92 Å². The Balaban J connectivity index is 0.900. The number of fused-ring (bicyclic) bond motifs is 2. The van der Waals surface area contributed by atoms with Crippen molar-refractivity contribution in [1.82, 2.24) is 34.1 Å². The van der Waals surface area contributed by atoms with E-state index in [4.69, 9.17) is 5.10 Å². The number of imidazole rings is 1. The lowest BCUT2D eigenvalue weighted by Gasteiger charge is -2.42. The van der Waals surface area contributed by atoms with Gasteiger partial charge in [-0.2, -0.15) is 18.3 Å². The zero-order chi connectivity index (χ0) is 43.5. The van der Waals surface area contributed by atoms with Gasteiger partial charge < -0.3 is 20.2 Å². The summed E-state index contributed by atoms with van der Waals surface area (Å²) in [5.74, 6) is -1.37. The highest BCUT2D eigenvalue weighted by Gasteiger charge is 2.37. The lowest BCUT2D eigenvalue weighted by Crippen LogP contribution is -2.52. The minimum atomic E-state index is -4.71. The summed E-state index contributed by atoms with van der Waals surface area (Å²) >= 11 is 0. The van der Waals surface area contributed by atoms with Gasteiger partial charge in [0.15, 0.2) is 0 Å². The van der Waals surface area contributed by atoms with Crippen LogP contribution in [-0.2, 0) is 28.4 Å². The van der Waals surface area contributed by atoms with Gasteiger partial charge in [0.2, 0.25) is 11.8 Å². The first kappa shape index (κ1) is 42.1. The second kappa shape index (κ2) is 16.0. The molecule has 324 valence electrons. The van der Waals surface area contributed by atoms with Crippen LogP contribution >= 0.6 is 0 Å². The van der Waals surface area contributed by atoms with E-state index in [-0.39, 0.29) is 48.8 Å². The van der Waals surface area contributed by atoms with Gasteiger partial charge in [-0.3, -0.25) is 33.5 Å². The third-order valence-electron chi connectivity index (χ3n) is 12.6. The van der Waals surface area contributed by atoms with Crippen molar-refractivity contribution in [3.8, 4) is 0 Å². The first-order valence-corrected chi connectivity index (χ1v) is 20.6. The molecule has 61 heavy (non-hydrogen) atoms. The number of halogens is 4. The molecule has 1 aliphatic carbocycles. The van der Waals surface area contributed by atoms with E-state index in [0.29, 0.717) is 46.4 Å². The number of aromatic nitrogens is 5. The molecule has 8 rings (SSSR count). The number of amides is 3. The van der Waals surface area contributed by atoms with E-state index in [2.05, 4.69) is 20.5 Å². The van der Waals surface area contributed by atoms with Gasteiger partial charge in [0, 0.05) is 55.4 Å². The van der Waals surface area contributed by atoms with Gasteiger partial charge in [0.25, 0.3) is 5.91 Å². The number of carbonyl (C=O) groups is 3. The van der Waals surface area contributed by atoms with E-state index >= 15 is 4.39 Å². The number of piperidine rings is 2. The van der Waals surface area contributed by atoms with Crippen LogP contribution in [0.2, 0.25) is 0 Å². The number of alkyl halides is 4. The molecule has 3 aliphatic rings. The number of nitrogens with zero attached hydrogens (tertiary/aromatic N) is 7. The number of benzene rings is 2. The molecule has 2 aromatic carbocycles. The minimum absolute atomic E-state index is 0.0904. The maximum Gasteiger partial charge on any atom is 0.433 e. The fraction of sp³-hybridized carbons (Fsp3) is 0.488. The topological polar surface area (TPSA) is 160 Å². The number of carbonyl (C=O) groups excluding carboxylic acids is 3. The minimum Gasteiger partial charge on any atom is -0.386 e. The number of nitrogens with one attached hydrogen (secondary N) is 2. The predicted octanol–water partition coefficient (Wildman–Crippen LogP) is 5.84. The first-order chi connectivity index (χ1) is 28.9. The third kappa shape index (κ3) is 8.26. The highest BCUT2D eigenvalue weighted by atomic mass is 19.4. The molecular formula is C43H49F4N9O5. The largest absolute Gasteiger partial charge is 0.433 e. The summed E-state index contributed by atoms with van der Waals surface area (Å²) in [5.41, 5.74) is -0.291. The van der Waals surface area contributed by atoms with Gasteiger partial charge in [-0.1, -0.05) is 12.1 Å². The molecule has 0 radical (unpaired) electrons. The van der Waals surface area contributed by atoms with Crippen molar-refractivity contribution in [2.75, 3.05) is 36.9 Å². The maximum atomic E-state index is 16.1. The van der Waals surface area contributed by atoms with Crippen LogP contribution < -0.4 is 21.2 Å². The van der Waals surface area contributed by atoms with Crippen LogP contribution in [0.25, 0.3) is 21.9 Å². The van der Waals surface area contributed by atoms with Crippen molar-refractivity contribution in [2.45, 2.75) is 94.9 Å². The number of hydrogen-bond donors (Lipinski definition) is 3. The second-order valence-electron chi connectivity index (χ2n) is 17.2. The van der Waals surface area contributed by atoms with E-state index in [1.165, 1.54) is 15.2 Å². The standard InChI is InChI=1S/C43H49F4N9O5/c1-42(2,61)27-20-30-25(19-31(27)49-39(58)29-7-5-10-36(48-29)43(45,46)47)22-55(51-30)26-13-11-24(12-14-26)21-52(3)32-17-18-54(23-28(32)44)33-8-6-9-34-38(33)53(4)41(60)56(34)35-15-16-37(57)50-40(35)59/h5-10,19-20,22,24,26,28,32,35,61H,11-18,21,23H2,1-4H3,(H,49,58)(H,50,57,59)/t24?,26?,28-,32+,35?/m1/s1. The summed E-state index contributed by atoms with van der Waals surface area (Å²) < 4.78 is 60.8. The Hall–Kier alpha value is -5.62. The molecule has 2 aliphatic heterocycles. The van der Waals surface area contributed by atoms with Crippen LogP contribution in [0.3, 0.4) is 0 Å². The molecule has 3 atom stereocenters. The van der Waals surface area contributed by atoms with E-state index < -0.39 is 47.2 Å². The number of aliphatic hydroxyl groups is 1. The third-order valence-corrected chi connectivity index (χ3v) is 12.6. The highest BCUT2D eigenvalue weighted by Crippen LogP contribution is 2.38. The number of hydrogen-bond acceptors (Lipinski definition) is 9. The lowest BCUT2D eigenvalue weighted by molar-refractivity contribution is -0.141. The quantitative estimate of drug-likeness (QED) is 0.122. The average molecular weight is 848 g/mol. The fourth-order valence-electron chi connectivity index (χ4n) is 9.44. The molecule has 0 bridgehead atoms. The van der Waals surface area contributed by atoms with E-state index in [0.717, 1.165) is 50.0 Å². The molecule has 3 fully saturated rings. The highest BCUT2D eigenvalue weighted by molar-refractivity contribution is 6.04. The molecule has 3 amide bonds. The van der Waals surface area contributed by atoms with Crippen molar-refractivity contribution in [3.63, 3.8) is 0 Å². The summed E-state index contributed by atoms with van der Waals surface area (Å²) in [7, 11) is 3.62. The molecule has 14 nitrogen and oxygen atoms in total. The van der Waals surface area contributed by atoms with Crippen molar-refractivity contribution in [3.05, 3.63) is 82.2 Å². The predicted molar refractivity (Wildman–Crippen MR) is 220 cm³/mol. The molecule has 18 heteroatoms. The number of anilines is 2. The summed E-state index contributed by atoms with van der Waals surface area (Å²) in [6.45, 7) is 4.55. The van der Waals surface area contributed by atoms with Crippen LogP contribution in [0.5, 0.6) is 0 Å². The van der Waals surface area contributed by atoms with Crippen LogP contribution in [-0.4, -0.2) is 90.5 Å². The molecule has 2 saturated heterocycles. The average Bonchev–Trinajstić information content (AvgIpc) is 3.74. The smallest absolute Gasteiger partial charge is 0.386 e. The summed E-state index contributed by atoms with van der Waals surface area (Å²) in [6.07, 6.45) is 0.452. The van der Waals surface area contributed by atoms with Crippen molar-refractivity contribution < 1.29 is 37.1 Å². The summed E-state index contributed by atoms with van der Waals surface area (Å²) in [4.78, 5) is 58.6. The Morgan fingerprint density at radius 1 is 1.02 bits per heavy atom. The van der Waals surface area contributed by atoms with E-state index in [1.807, 2.05) is 35.0 Å². The van der Waals surface area contributed by atoms with Crippen molar-refractivity contribution in [2.24, 2.45) is 13.0 Å². The molecular weight excluding hydrogens is 799 g/mol. The summed E-state index contributed by atoms with van der Waals surface area (Å²) in [5, 5.41) is 21.5. The Labute approximate surface area is 348 Å². The number of imide groups is 1.